The summed E-state index contributed by atoms with van der Waals surface area (Å²) in [6.07, 6.45) is 3.40. The number of aromatic carboxylic acids is 1. The summed E-state index contributed by atoms with van der Waals surface area (Å²) < 4.78 is 1.42. The second-order valence-electron chi connectivity index (χ2n) is 3.89. The third-order valence-electron chi connectivity index (χ3n) is 2.79. The van der Waals surface area contributed by atoms with E-state index in [0.29, 0.717) is 0 Å². The number of rotatable bonds is 2. The number of aromatic nitrogens is 2. The number of hydrogen-bond acceptors (Lipinski definition) is 3. The molecule has 2 rings (SSSR count). The van der Waals surface area contributed by atoms with Crippen LogP contribution in [0, 0.1) is 0 Å². The van der Waals surface area contributed by atoms with Gasteiger partial charge in [-0.05, 0) is 25.5 Å². The van der Waals surface area contributed by atoms with Crippen LogP contribution in [-0.4, -0.2) is 27.4 Å². The van der Waals surface area contributed by atoms with Crippen molar-refractivity contribution in [2.24, 2.45) is 7.05 Å². The van der Waals surface area contributed by atoms with E-state index in [1.165, 1.54) is 17.5 Å². The van der Waals surface area contributed by atoms with E-state index in [1.54, 1.807) is 13.1 Å². The first-order chi connectivity index (χ1) is 7.18. The Morgan fingerprint density at radius 1 is 1.53 bits per heavy atom. The number of hydrogen-bond donors (Lipinski definition) is 2. The molecule has 1 unspecified atom stereocenters. The van der Waals surface area contributed by atoms with Crippen LogP contribution in [0.15, 0.2) is 6.07 Å². The van der Waals surface area contributed by atoms with Crippen LogP contribution >= 0.6 is 24.8 Å². The molecule has 5 nitrogen and oxygen atoms in total. The highest BCUT2D eigenvalue weighted by Crippen LogP contribution is 2.22. The fourth-order valence-electron chi connectivity index (χ4n) is 1.96. The Morgan fingerprint density at radius 2 is 2.24 bits per heavy atom. The molecule has 17 heavy (non-hydrogen) atoms. The van der Waals surface area contributed by atoms with Crippen molar-refractivity contribution in [2.45, 2.75) is 25.3 Å². The zero-order valence-electron chi connectivity index (χ0n) is 9.55. The highest BCUT2D eigenvalue weighted by Gasteiger charge is 2.20. The van der Waals surface area contributed by atoms with Crippen molar-refractivity contribution >= 4 is 30.8 Å². The first-order valence-corrected chi connectivity index (χ1v) is 5.19. The Morgan fingerprint density at radius 3 is 2.71 bits per heavy atom. The Bertz CT molecular complexity index is 376. The molecule has 98 valence electrons. The second-order valence-corrected chi connectivity index (χ2v) is 3.89. The Hall–Kier alpha value is -0.780. The van der Waals surface area contributed by atoms with E-state index in [1.807, 2.05) is 0 Å². The molecule has 0 aromatic carbocycles. The van der Waals surface area contributed by atoms with Gasteiger partial charge in [-0.2, -0.15) is 5.10 Å². The van der Waals surface area contributed by atoms with E-state index in [4.69, 9.17) is 5.11 Å². The molecule has 0 radical (unpaired) electrons. The molecular formula is C10H17Cl2N3O2. The lowest BCUT2D eigenvalue weighted by atomic mass is 10.0. The van der Waals surface area contributed by atoms with Crippen LogP contribution in [0.5, 0.6) is 0 Å². The zero-order valence-corrected chi connectivity index (χ0v) is 11.2. The molecule has 2 heterocycles. The van der Waals surface area contributed by atoms with Gasteiger partial charge in [0.15, 0.2) is 0 Å². The topological polar surface area (TPSA) is 67.2 Å². The molecule has 0 bridgehead atoms. The minimum absolute atomic E-state index is 0. The van der Waals surface area contributed by atoms with Crippen molar-refractivity contribution in [1.29, 1.82) is 0 Å². The molecule has 7 heteroatoms. The summed E-state index contributed by atoms with van der Waals surface area (Å²) in [6.45, 7) is 0.990. The number of carboxylic acids is 1. The predicted molar refractivity (Wildman–Crippen MR) is 69.3 cm³/mol. The molecule has 1 aromatic heterocycles. The molecule has 1 atom stereocenters. The Balaban J connectivity index is 0.00000128. The molecule has 0 spiro atoms. The summed E-state index contributed by atoms with van der Waals surface area (Å²) in [5.41, 5.74) is 1.09. The van der Waals surface area contributed by atoms with Crippen LogP contribution in [0.3, 0.4) is 0 Å². The molecule has 0 saturated carbocycles. The normalized spacial score (nSPS) is 19.0. The highest BCUT2D eigenvalue weighted by atomic mass is 35.5. The summed E-state index contributed by atoms with van der Waals surface area (Å²) >= 11 is 0. The van der Waals surface area contributed by atoms with Gasteiger partial charge in [0.05, 0.1) is 11.7 Å². The quantitative estimate of drug-likeness (QED) is 0.867. The van der Waals surface area contributed by atoms with Crippen LogP contribution in [0.1, 0.15) is 41.5 Å². The molecule has 2 N–H and O–H groups in total. The summed E-state index contributed by atoms with van der Waals surface area (Å²) in [6, 6.07) is 1.88. The van der Waals surface area contributed by atoms with Gasteiger partial charge in [-0.25, -0.2) is 4.79 Å². The molecule has 1 fully saturated rings. The fraction of sp³-hybridized carbons (Fsp3) is 0.600. The SMILES string of the molecule is Cl.Cl.Cn1nc(C2CCCCN2)cc1C(=O)O. The van der Waals surface area contributed by atoms with Crippen molar-refractivity contribution in [3.05, 3.63) is 17.5 Å². The van der Waals surface area contributed by atoms with Gasteiger partial charge in [0.1, 0.15) is 5.69 Å². The fourth-order valence-corrected chi connectivity index (χ4v) is 1.96. The summed E-state index contributed by atoms with van der Waals surface area (Å²) in [5, 5.41) is 16.5. The zero-order chi connectivity index (χ0) is 10.8. The minimum Gasteiger partial charge on any atom is -0.477 e. The second kappa shape index (κ2) is 6.83. The number of aryl methyl sites for hydroxylation is 1. The number of piperidine rings is 1. The van der Waals surface area contributed by atoms with Gasteiger partial charge in [0.25, 0.3) is 0 Å². The monoisotopic (exact) mass is 281 g/mol. The molecule has 1 aliphatic heterocycles. The molecule has 0 aliphatic carbocycles. The predicted octanol–water partition coefficient (Wildman–Crippen LogP) is 1.78. The van der Waals surface area contributed by atoms with E-state index in [0.717, 1.165) is 18.7 Å². The van der Waals surface area contributed by atoms with E-state index < -0.39 is 5.97 Å². The number of nitrogens with zero attached hydrogens (tertiary/aromatic N) is 2. The Kier molecular flexibility index (Phi) is 6.52. The lowest BCUT2D eigenvalue weighted by Gasteiger charge is -2.21. The summed E-state index contributed by atoms with van der Waals surface area (Å²) in [4.78, 5) is 10.8. The third kappa shape index (κ3) is 3.59. The summed E-state index contributed by atoms with van der Waals surface area (Å²) in [7, 11) is 1.66. The number of carboxylic acid groups (broad SMARTS) is 1. The average Bonchev–Trinajstić information content (AvgIpc) is 2.62. The number of nitrogens with one attached hydrogen (secondary N) is 1. The molecule has 1 aromatic rings. The Labute approximate surface area is 112 Å². The molecule has 1 aliphatic rings. The standard InChI is InChI=1S/C10H15N3O2.2ClH/c1-13-9(10(14)15)6-8(12-13)7-4-2-3-5-11-7;;/h6-7,11H,2-5H2,1H3,(H,14,15);2*1H. The van der Waals surface area contributed by atoms with Crippen LogP contribution in [0.25, 0.3) is 0 Å². The molecule has 0 amide bonds. The average molecular weight is 282 g/mol. The van der Waals surface area contributed by atoms with Crippen LogP contribution < -0.4 is 5.32 Å². The van der Waals surface area contributed by atoms with Gasteiger partial charge in [0.2, 0.25) is 0 Å². The van der Waals surface area contributed by atoms with Gasteiger partial charge < -0.3 is 10.4 Å². The minimum atomic E-state index is -0.924. The first-order valence-electron chi connectivity index (χ1n) is 5.19. The van der Waals surface area contributed by atoms with Crippen molar-refractivity contribution in [3.63, 3.8) is 0 Å². The first kappa shape index (κ1) is 16.2. The van der Waals surface area contributed by atoms with E-state index in [9.17, 15) is 4.79 Å². The molecule has 1 saturated heterocycles. The van der Waals surface area contributed by atoms with Gasteiger partial charge in [-0.3, -0.25) is 4.68 Å². The summed E-state index contributed by atoms with van der Waals surface area (Å²) in [5.74, 6) is -0.924. The largest absolute Gasteiger partial charge is 0.477 e. The maximum Gasteiger partial charge on any atom is 0.354 e. The van der Waals surface area contributed by atoms with Crippen molar-refractivity contribution in [2.75, 3.05) is 6.54 Å². The number of halogens is 2. The molecular weight excluding hydrogens is 265 g/mol. The number of carbonyl (C=O) groups is 1. The smallest absolute Gasteiger partial charge is 0.354 e. The van der Waals surface area contributed by atoms with Gasteiger partial charge >= 0.3 is 5.97 Å². The lowest BCUT2D eigenvalue weighted by Crippen LogP contribution is -2.27. The van der Waals surface area contributed by atoms with Gasteiger partial charge in [-0.15, -0.1) is 24.8 Å². The maximum atomic E-state index is 10.8. The highest BCUT2D eigenvalue weighted by molar-refractivity contribution is 5.86. The van der Waals surface area contributed by atoms with Gasteiger partial charge in [-0.1, -0.05) is 6.42 Å². The van der Waals surface area contributed by atoms with Crippen molar-refractivity contribution in [3.8, 4) is 0 Å². The van der Waals surface area contributed by atoms with E-state index >= 15 is 0 Å². The van der Waals surface area contributed by atoms with E-state index in [-0.39, 0.29) is 36.5 Å². The van der Waals surface area contributed by atoms with Crippen LogP contribution in [0.4, 0.5) is 0 Å². The third-order valence-corrected chi connectivity index (χ3v) is 2.79. The van der Waals surface area contributed by atoms with Crippen LogP contribution in [-0.2, 0) is 7.05 Å². The van der Waals surface area contributed by atoms with E-state index in [2.05, 4.69) is 10.4 Å². The maximum absolute atomic E-state index is 10.8. The van der Waals surface area contributed by atoms with Crippen molar-refractivity contribution in [1.82, 2.24) is 15.1 Å². The van der Waals surface area contributed by atoms with Crippen molar-refractivity contribution < 1.29 is 9.90 Å². The lowest BCUT2D eigenvalue weighted by molar-refractivity contribution is 0.0685. The van der Waals surface area contributed by atoms with Crippen LogP contribution in [0.2, 0.25) is 0 Å². The van der Waals surface area contributed by atoms with Gasteiger partial charge in [0, 0.05) is 7.05 Å².